The Balaban J connectivity index is 0.00000146. The summed E-state index contributed by atoms with van der Waals surface area (Å²) in [5, 5.41) is 2.90. The fraction of sp³-hybridized carbons (Fsp3) is 0.741. The van der Waals surface area contributed by atoms with Crippen molar-refractivity contribution in [3.05, 3.63) is 92.8 Å². The highest BCUT2D eigenvalue weighted by molar-refractivity contribution is 14.1. The molecule has 1 fully saturated rings. The molecule has 1 aromatic heterocycles. The van der Waals surface area contributed by atoms with Crippen molar-refractivity contribution in [3.8, 4) is 0 Å². The maximum atomic E-state index is 13.4. The minimum absolute atomic E-state index is 0.00407. The number of hydrogen-bond acceptors (Lipinski definition) is 14. The highest BCUT2D eigenvalue weighted by Gasteiger charge is 2.49. The summed E-state index contributed by atoms with van der Waals surface area (Å²) < 4.78 is 44.3. The molecule has 5 unspecified atom stereocenters. The Hall–Kier alpha value is -2.63. The van der Waals surface area contributed by atoms with Crippen molar-refractivity contribution >= 4 is 111 Å². The van der Waals surface area contributed by atoms with Crippen molar-refractivity contribution in [2.45, 2.75) is 381 Å². The van der Waals surface area contributed by atoms with E-state index < -0.39 is 47.5 Å². The molecule has 1 aromatic rings. The quantitative estimate of drug-likeness (QED) is 0.0200. The zero-order chi connectivity index (χ0) is 81.1. The molecule has 13 nitrogen and oxygen atoms in total. The van der Waals surface area contributed by atoms with Gasteiger partial charge in [-0.2, -0.15) is 0 Å². The van der Waals surface area contributed by atoms with Crippen LogP contribution in [0.25, 0.3) is 0 Å². The van der Waals surface area contributed by atoms with E-state index in [1.807, 2.05) is 17.4 Å². The molecule has 0 amide bonds. The predicted molar refractivity (Wildman–Crippen MR) is 467 cm³/mol. The number of methoxy groups -OCH3 is 2. The number of thiophene rings is 1. The summed E-state index contributed by atoms with van der Waals surface area (Å²) in [4.78, 5) is 74.3. The second kappa shape index (κ2) is 48.3. The second-order valence-corrected chi connectivity index (χ2v) is 62.1. The Bertz CT molecular complexity index is 2910. The fourth-order valence-corrected chi connectivity index (χ4v) is 18.0. The molecule has 20 heteroatoms. The van der Waals surface area contributed by atoms with Gasteiger partial charge in [-0.3, -0.25) is 28.8 Å². The molecule has 0 bridgehead atoms. The molecule has 2 aliphatic carbocycles. The fourth-order valence-electron chi connectivity index (χ4n) is 10.3. The van der Waals surface area contributed by atoms with E-state index in [-0.39, 0.29) is 124 Å². The van der Waals surface area contributed by atoms with Crippen LogP contribution in [0.2, 0.25) is 90.7 Å². The van der Waals surface area contributed by atoms with Crippen LogP contribution >= 0.6 is 33.9 Å². The lowest BCUT2D eigenvalue weighted by Gasteiger charge is -2.40. The van der Waals surface area contributed by atoms with Crippen molar-refractivity contribution in [2.24, 2.45) is 11.8 Å². The van der Waals surface area contributed by atoms with Crippen LogP contribution in [0.5, 0.6) is 0 Å². The molecule has 604 valence electrons. The molecule has 0 spiro atoms. The third-order valence-corrected chi connectivity index (χ3v) is 46.2. The van der Waals surface area contributed by atoms with Crippen LogP contribution in [0.3, 0.4) is 0 Å². The van der Waals surface area contributed by atoms with E-state index >= 15 is 0 Å². The molecular weight excluding hydrogens is 1530 g/mol. The number of ketones is 4. The summed E-state index contributed by atoms with van der Waals surface area (Å²) in [6.45, 7) is 63.1. The van der Waals surface area contributed by atoms with Gasteiger partial charge in [-0.25, -0.2) is 0 Å². The molecule has 2 aliphatic rings. The zero-order valence-electron chi connectivity index (χ0n) is 72.1. The summed E-state index contributed by atoms with van der Waals surface area (Å²) in [7, 11) is -6.75. The summed E-state index contributed by atoms with van der Waals surface area (Å²) in [5.74, 6) is -1.23. The third kappa shape index (κ3) is 40.4. The molecule has 105 heavy (non-hydrogen) atoms. The zero-order valence-corrected chi connectivity index (χ0v) is 80.0. The van der Waals surface area contributed by atoms with Gasteiger partial charge < -0.3 is 31.6 Å². The van der Waals surface area contributed by atoms with Crippen LogP contribution in [-0.4, -0.2) is 121 Å². The minimum Gasteiger partial charge on any atom is -0.469 e. The van der Waals surface area contributed by atoms with Crippen LogP contribution < -0.4 is 0 Å². The van der Waals surface area contributed by atoms with Crippen molar-refractivity contribution in [2.75, 3.05) is 14.2 Å². The molecule has 1 heterocycles. The number of carbonyl (C=O) groups is 6. The van der Waals surface area contributed by atoms with Gasteiger partial charge >= 0.3 is 11.9 Å². The van der Waals surface area contributed by atoms with Gasteiger partial charge in [0.25, 0.3) is 0 Å². The maximum absolute atomic E-state index is 13.4. The van der Waals surface area contributed by atoms with Gasteiger partial charge in [0.05, 0.1) is 57.6 Å². The molecule has 0 aliphatic heterocycles. The topological polar surface area (TPSA) is 167 Å². The number of halogens is 1. The number of allylic oxidation sites excluding steroid dienone is 4. The molecule has 0 aromatic carbocycles. The first kappa shape index (κ1) is 102. The van der Waals surface area contributed by atoms with E-state index in [1.54, 1.807) is 24.3 Å². The molecule has 1 saturated carbocycles. The van der Waals surface area contributed by atoms with Gasteiger partial charge in [0.15, 0.2) is 47.4 Å². The third-order valence-electron chi connectivity index (χ3n) is 22.3. The standard InChI is InChI=1S/C33H60O6Si2.C19H30O5Si.C19H34OSSi.C14H29IOSi/c1-13-14-15-19-26(38-40(9,10)32(2,3)4)21-22-27-28(23-25(34)18-16-17-20-31(36)37-8)29(35)24-30(27)39-41(11,12)33(5,6)7;1-19(2,3)25(5,6)24-16-12-14(17(21)13-16)11-15(20)9-7-8-10-18(22)23-4;1-7-8-9-12-17(20-22(5,6)19(2,3)4)13-10-14-18-15-11-16-21-18;1-7-8-9-10-13(11-12-15)16-17(5,6)14(2,3)4/h16-17,21-22,26-28,30H,13-15,18-20,23-24H2,1-12H3;7-8,12,16H,9-11,13H2,1-6H3;10-11,13,15-17H,7-9,12,14H2,1-6H3;11-13H,7-10H2,1-6H3/b17-16+,22-21+;8-7+;13-10+;12-11+/t26?,27-,28-,30?;;;/m1.../s1. The maximum Gasteiger partial charge on any atom is 0.309 e. The average molecular weight is 1680 g/mol. The number of esters is 2. The molecule has 3 rings (SSSR count). The summed E-state index contributed by atoms with van der Waals surface area (Å²) in [6.07, 6.45) is 36.7. The highest BCUT2D eigenvalue weighted by atomic mass is 127. The Morgan fingerprint density at radius 1 is 0.524 bits per heavy atom. The first-order chi connectivity index (χ1) is 48.2. The Labute approximate surface area is 665 Å². The lowest BCUT2D eigenvalue weighted by Crippen LogP contribution is -2.45. The largest absolute Gasteiger partial charge is 0.469 e. The first-order valence-corrected chi connectivity index (χ1v) is 56.2. The van der Waals surface area contributed by atoms with Gasteiger partial charge in [0.2, 0.25) is 0 Å². The first-order valence-electron chi connectivity index (χ1n) is 39.5. The Kier molecular flexibility index (Phi) is 47.1. The van der Waals surface area contributed by atoms with Crippen LogP contribution in [0.1, 0.15) is 258 Å². The van der Waals surface area contributed by atoms with E-state index in [1.165, 1.54) is 64.0 Å². The summed E-state index contributed by atoms with van der Waals surface area (Å²) in [6, 6.07) is 4.33. The number of carbonyl (C=O) groups excluding carboxylic acids is 6. The van der Waals surface area contributed by atoms with E-state index in [9.17, 15) is 28.8 Å². The second-order valence-electron chi connectivity index (χ2n) is 36.5. The van der Waals surface area contributed by atoms with E-state index in [0.717, 1.165) is 38.5 Å². The molecule has 0 saturated heterocycles. The van der Waals surface area contributed by atoms with Crippen molar-refractivity contribution in [1.29, 1.82) is 0 Å². The molecular formula is C85H153IO13SSi5. The smallest absolute Gasteiger partial charge is 0.309 e. The Morgan fingerprint density at radius 3 is 1.31 bits per heavy atom. The monoisotopic (exact) mass is 1680 g/mol. The van der Waals surface area contributed by atoms with Gasteiger partial charge in [0, 0.05) is 60.8 Å². The number of rotatable bonds is 40. The minimum atomic E-state index is -2.15. The highest BCUT2D eigenvalue weighted by Crippen LogP contribution is 2.45. The van der Waals surface area contributed by atoms with Gasteiger partial charge in [-0.15, -0.1) is 11.3 Å². The van der Waals surface area contributed by atoms with Crippen molar-refractivity contribution < 1.29 is 60.4 Å². The number of Topliss-reactive ketones (excluding diaryl/α,β-unsaturated/α-hetero) is 4. The van der Waals surface area contributed by atoms with Crippen molar-refractivity contribution in [3.63, 3.8) is 0 Å². The Morgan fingerprint density at radius 2 is 0.924 bits per heavy atom. The van der Waals surface area contributed by atoms with Crippen LogP contribution in [0.15, 0.2) is 87.9 Å². The van der Waals surface area contributed by atoms with Gasteiger partial charge in [-0.1, -0.05) is 266 Å². The van der Waals surface area contributed by atoms with E-state index in [2.05, 4.69) is 274 Å². The van der Waals surface area contributed by atoms with Crippen LogP contribution in [0, 0.1) is 11.8 Å². The normalized spacial score (nSPS) is 18.4. The van der Waals surface area contributed by atoms with Crippen LogP contribution in [0.4, 0.5) is 0 Å². The van der Waals surface area contributed by atoms with E-state index in [4.69, 9.17) is 22.1 Å². The lowest BCUT2D eigenvalue weighted by molar-refractivity contribution is -0.140. The van der Waals surface area contributed by atoms with Crippen LogP contribution in [-0.2, 0) is 66.8 Å². The molecule has 0 radical (unpaired) electrons. The number of hydrogen-bond donors (Lipinski definition) is 0. The SMILES string of the molecule is CCCCCC(/C=C/Cc1cccs1)O[Si](C)(C)C(C)(C)C.CCCCCC(/C=C/I)O[Si](C)(C)C(C)(C)C.CCCCCC(/C=C/[C@H]1C(O[Si](C)(C)C(C)(C)C)CC(=O)[C@@H]1CC(=O)C/C=C/CC(=O)OC)O[Si](C)(C)C(C)(C)C.COC(=O)C/C=C/CC(=O)CC1=CC(O[Si](C)(C)C(C)(C)C)CC1=O. The lowest BCUT2D eigenvalue weighted by atomic mass is 9.88. The average Bonchev–Trinajstić information content (AvgIpc) is 1.68. The van der Waals surface area contributed by atoms with E-state index in [0.29, 0.717) is 29.6 Å². The summed E-state index contributed by atoms with van der Waals surface area (Å²) in [5.41, 5.74) is 0.551. The number of ether oxygens (including phenoxy) is 2. The van der Waals surface area contributed by atoms with Gasteiger partial charge in [0.1, 0.15) is 17.3 Å². The molecule has 0 N–H and O–H groups in total. The number of unbranched alkanes of at least 4 members (excludes halogenated alkanes) is 6. The molecule has 7 atom stereocenters. The van der Waals surface area contributed by atoms with Gasteiger partial charge in [-0.05, 0) is 138 Å². The predicted octanol–water partition coefficient (Wildman–Crippen LogP) is 25.0. The summed E-state index contributed by atoms with van der Waals surface area (Å²) >= 11 is 4.12. The van der Waals surface area contributed by atoms with Crippen molar-refractivity contribution in [1.82, 2.24) is 0 Å².